The van der Waals surface area contributed by atoms with Crippen LogP contribution in [0.15, 0.2) is 42.5 Å². The fourth-order valence-electron chi connectivity index (χ4n) is 3.35. The van der Waals surface area contributed by atoms with Crippen molar-refractivity contribution in [3.05, 3.63) is 59.2 Å². The van der Waals surface area contributed by atoms with Crippen LogP contribution in [0.5, 0.6) is 5.75 Å². The largest absolute Gasteiger partial charge is 0.491 e. The van der Waals surface area contributed by atoms with Gasteiger partial charge in [-0.1, -0.05) is 44.2 Å². The van der Waals surface area contributed by atoms with Crippen molar-refractivity contribution in [3.63, 3.8) is 0 Å². The van der Waals surface area contributed by atoms with E-state index in [1.165, 1.54) is 35.2 Å². The lowest BCUT2D eigenvalue weighted by molar-refractivity contribution is -0.159. The van der Waals surface area contributed by atoms with E-state index in [0.29, 0.717) is 5.92 Å². The van der Waals surface area contributed by atoms with Gasteiger partial charge in [0.25, 0.3) is 0 Å². The van der Waals surface area contributed by atoms with Crippen molar-refractivity contribution in [2.75, 3.05) is 24.6 Å². The van der Waals surface area contributed by atoms with Crippen LogP contribution in [-0.2, 0) is 16.0 Å². The molecule has 1 aliphatic heterocycles. The van der Waals surface area contributed by atoms with E-state index in [2.05, 4.69) is 68.1 Å². The van der Waals surface area contributed by atoms with Crippen LogP contribution in [0.3, 0.4) is 0 Å². The van der Waals surface area contributed by atoms with Gasteiger partial charge in [0, 0.05) is 12.2 Å². The molecule has 0 radical (unpaired) electrons. The van der Waals surface area contributed by atoms with Gasteiger partial charge in [-0.15, -0.1) is 0 Å². The number of carbonyl (C=O) groups is 2. The minimum Gasteiger partial charge on any atom is -0.491 e. The molecule has 1 aliphatic rings. The molecule has 0 spiro atoms. The summed E-state index contributed by atoms with van der Waals surface area (Å²) in [7, 11) is 0. The molecule has 0 saturated heterocycles. The van der Waals surface area contributed by atoms with Crippen molar-refractivity contribution in [1.82, 2.24) is 0 Å². The summed E-state index contributed by atoms with van der Waals surface area (Å²) in [4.78, 5) is 20.7. The Balaban J connectivity index is 0.000000438. The first kappa shape index (κ1) is 22.3. The summed E-state index contributed by atoms with van der Waals surface area (Å²) in [6.45, 7) is 9.37. The zero-order valence-corrected chi connectivity index (χ0v) is 17.2. The molecule has 3 rings (SSSR count). The molecule has 0 unspecified atom stereocenters. The van der Waals surface area contributed by atoms with Gasteiger partial charge in [-0.25, -0.2) is 9.59 Å². The number of carboxylic acid groups (broad SMARTS) is 2. The van der Waals surface area contributed by atoms with E-state index in [0.717, 1.165) is 25.4 Å². The fourth-order valence-corrected chi connectivity index (χ4v) is 3.35. The second-order valence-corrected chi connectivity index (χ2v) is 7.37. The maximum absolute atomic E-state index is 9.10. The Morgan fingerprint density at radius 1 is 1.10 bits per heavy atom. The number of aliphatic carboxylic acids is 2. The van der Waals surface area contributed by atoms with Gasteiger partial charge in [-0.2, -0.15) is 0 Å². The van der Waals surface area contributed by atoms with Gasteiger partial charge in [-0.05, 0) is 54.5 Å². The molecule has 0 aliphatic carbocycles. The number of fused-ring (bicyclic) bond motifs is 1. The maximum Gasteiger partial charge on any atom is 0.414 e. The molecule has 0 saturated carbocycles. The number of benzene rings is 2. The first-order chi connectivity index (χ1) is 13.8. The van der Waals surface area contributed by atoms with Gasteiger partial charge < -0.3 is 19.8 Å². The number of carboxylic acids is 2. The zero-order valence-electron chi connectivity index (χ0n) is 17.2. The molecule has 1 heterocycles. The van der Waals surface area contributed by atoms with Gasteiger partial charge in [0.05, 0.1) is 6.54 Å². The molecule has 0 amide bonds. The summed E-state index contributed by atoms with van der Waals surface area (Å²) in [5.74, 6) is -2.11. The molecular formula is C23H29NO5. The number of hydrogen-bond donors (Lipinski definition) is 2. The van der Waals surface area contributed by atoms with Crippen LogP contribution >= 0.6 is 0 Å². The van der Waals surface area contributed by atoms with E-state index in [-0.39, 0.29) is 0 Å². The van der Waals surface area contributed by atoms with Gasteiger partial charge in [0.2, 0.25) is 0 Å². The van der Waals surface area contributed by atoms with E-state index in [1.54, 1.807) is 0 Å². The number of para-hydroxylation sites is 1. The maximum atomic E-state index is 9.10. The number of hydrogen-bond acceptors (Lipinski definition) is 4. The molecule has 2 aromatic carbocycles. The summed E-state index contributed by atoms with van der Waals surface area (Å²) in [5.41, 5.74) is 5.41. The van der Waals surface area contributed by atoms with E-state index < -0.39 is 11.9 Å². The SMILES string of the molecule is Cc1ccc(C(C)C)c(OCCN2CCCc3ccccc32)c1.O=C(O)C(=O)O. The third-order valence-electron chi connectivity index (χ3n) is 4.80. The highest BCUT2D eigenvalue weighted by atomic mass is 16.5. The normalized spacial score (nSPS) is 12.6. The third kappa shape index (κ3) is 6.52. The average molecular weight is 399 g/mol. The van der Waals surface area contributed by atoms with Crippen molar-refractivity contribution in [1.29, 1.82) is 0 Å². The molecule has 156 valence electrons. The number of rotatable bonds is 5. The number of nitrogens with zero attached hydrogens (tertiary/aromatic N) is 1. The van der Waals surface area contributed by atoms with Crippen LogP contribution in [0.2, 0.25) is 0 Å². The van der Waals surface area contributed by atoms with Crippen molar-refractivity contribution in [2.45, 2.75) is 39.5 Å². The smallest absolute Gasteiger partial charge is 0.414 e. The average Bonchev–Trinajstić information content (AvgIpc) is 2.68. The number of anilines is 1. The number of ether oxygens (including phenoxy) is 1. The molecule has 2 aromatic rings. The lowest BCUT2D eigenvalue weighted by Crippen LogP contribution is -2.33. The predicted octanol–water partition coefficient (Wildman–Crippen LogP) is 4.11. The Morgan fingerprint density at radius 2 is 1.79 bits per heavy atom. The second-order valence-electron chi connectivity index (χ2n) is 7.37. The van der Waals surface area contributed by atoms with Crippen LogP contribution in [0, 0.1) is 6.92 Å². The molecular weight excluding hydrogens is 370 g/mol. The molecule has 0 atom stereocenters. The van der Waals surface area contributed by atoms with Crippen LogP contribution in [0.4, 0.5) is 5.69 Å². The van der Waals surface area contributed by atoms with Gasteiger partial charge in [-0.3, -0.25) is 0 Å². The molecule has 0 bridgehead atoms. The minimum atomic E-state index is -1.82. The van der Waals surface area contributed by atoms with Crippen LogP contribution in [0.25, 0.3) is 0 Å². The minimum absolute atomic E-state index is 0.487. The second kappa shape index (κ2) is 10.5. The summed E-state index contributed by atoms with van der Waals surface area (Å²) in [6.07, 6.45) is 2.43. The van der Waals surface area contributed by atoms with Crippen molar-refractivity contribution in [3.8, 4) is 5.75 Å². The van der Waals surface area contributed by atoms with Crippen LogP contribution in [0.1, 0.15) is 42.9 Å². The number of aryl methyl sites for hydroxylation is 2. The van der Waals surface area contributed by atoms with Crippen LogP contribution in [-0.4, -0.2) is 41.8 Å². The molecule has 2 N–H and O–H groups in total. The van der Waals surface area contributed by atoms with Crippen molar-refractivity contribution >= 4 is 17.6 Å². The Morgan fingerprint density at radius 3 is 2.45 bits per heavy atom. The predicted molar refractivity (Wildman–Crippen MR) is 113 cm³/mol. The van der Waals surface area contributed by atoms with E-state index in [1.807, 2.05) is 0 Å². The van der Waals surface area contributed by atoms with E-state index >= 15 is 0 Å². The highest BCUT2D eigenvalue weighted by Crippen LogP contribution is 2.29. The third-order valence-corrected chi connectivity index (χ3v) is 4.80. The van der Waals surface area contributed by atoms with Crippen molar-refractivity contribution < 1.29 is 24.5 Å². The highest BCUT2D eigenvalue weighted by molar-refractivity contribution is 6.27. The summed E-state index contributed by atoms with van der Waals surface area (Å²) >= 11 is 0. The summed E-state index contributed by atoms with van der Waals surface area (Å²) in [5, 5.41) is 14.8. The Bertz CT molecular complexity index is 835. The summed E-state index contributed by atoms with van der Waals surface area (Å²) in [6, 6.07) is 15.3. The Kier molecular flexibility index (Phi) is 8.07. The standard InChI is InChI=1S/C21H27NO.C2H2O4/c1-16(2)19-11-10-17(3)15-21(19)23-14-13-22-12-6-8-18-7-4-5-9-20(18)22;3-1(4)2(5)6/h4-5,7,9-11,15-16H,6,8,12-14H2,1-3H3;(H,3,4)(H,5,6). The Labute approximate surface area is 171 Å². The monoisotopic (exact) mass is 399 g/mol. The molecule has 0 fully saturated rings. The molecule has 6 heteroatoms. The first-order valence-electron chi connectivity index (χ1n) is 9.82. The highest BCUT2D eigenvalue weighted by Gasteiger charge is 2.16. The molecule has 0 aromatic heterocycles. The fraction of sp³-hybridized carbons (Fsp3) is 0.391. The zero-order chi connectivity index (χ0) is 21.4. The van der Waals surface area contributed by atoms with E-state index in [4.69, 9.17) is 24.5 Å². The van der Waals surface area contributed by atoms with Crippen LogP contribution < -0.4 is 9.64 Å². The van der Waals surface area contributed by atoms with E-state index in [9.17, 15) is 0 Å². The summed E-state index contributed by atoms with van der Waals surface area (Å²) < 4.78 is 6.16. The Hall–Kier alpha value is -3.02. The lowest BCUT2D eigenvalue weighted by Gasteiger charge is -2.31. The quantitative estimate of drug-likeness (QED) is 0.736. The first-order valence-corrected chi connectivity index (χ1v) is 9.82. The van der Waals surface area contributed by atoms with Crippen molar-refractivity contribution in [2.24, 2.45) is 0 Å². The van der Waals surface area contributed by atoms with Gasteiger partial charge in [0.15, 0.2) is 0 Å². The van der Waals surface area contributed by atoms with Gasteiger partial charge >= 0.3 is 11.9 Å². The lowest BCUT2D eigenvalue weighted by atomic mass is 10.0. The topological polar surface area (TPSA) is 87.1 Å². The molecule has 6 nitrogen and oxygen atoms in total. The molecule has 29 heavy (non-hydrogen) atoms. The van der Waals surface area contributed by atoms with Gasteiger partial charge in [0.1, 0.15) is 12.4 Å².